The summed E-state index contributed by atoms with van der Waals surface area (Å²) in [6.07, 6.45) is -0.293. The number of carbonyl (C=O) groups excluding carboxylic acids is 1. The van der Waals surface area contributed by atoms with E-state index in [1.807, 2.05) is 20.8 Å². The van der Waals surface area contributed by atoms with E-state index in [2.05, 4.69) is 20.5 Å². The van der Waals surface area contributed by atoms with Crippen LogP contribution in [-0.4, -0.2) is 99.7 Å². The van der Waals surface area contributed by atoms with Crippen molar-refractivity contribution >= 4 is 45.9 Å². The van der Waals surface area contributed by atoms with Crippen LogP contribution in [0.15, 0.2) is 4.99 Å². The molecule has 0 aromatic heterocycles. The number of nitrogens with one attached hydrogen (secondary N) is 2. The third-order valence-corrected chi connectivity index (χ3v) is 5.86. The average molecular weight is 517 g/mol. The molecule has 2 aliphatic rings. The van der Waals surface area contributed by atoms with Gasteiger partial charge < -0.3 is 20.3 Å². The molecular formula is C16H32IN5O4S. The SMILES string of the molecule is CN=C(NCCN1CCS(=O)(=O)CC1)NC1CN(C(=O)OC(C)(C)C)C1.I. The Morgan fingerprint density at radius 3 is 2.33 bits per heavy atom. The molecule has 158 valence electrons. The molecule has 2 rings (SSSR count). The van der Waals surface area contributed by atoms with Crippen LogP contribution >= 0.6 is 24.0 Å². The van der Waals surface area contributed by atoms with Crippen molar-refractivity contribution in [1.29, 1.82) is 0 Å². The maximum absolute atomic E-state index is 11.9. The molecule has 9 nitrogen and oxygen atoms in total. The Morgan fingerprint density at radius 2 is 1.81 bits per heavy atom. The summed E-state index contributed by atoms with van der Waals surface area (Å²) in [5, 5.41) is 6.51. The number of halogens is 1. The zero-order chi connectivity index (χ0) is 19.4. The first-order valence-corrected chi connectivity index (χ1v) is 10.8. The summed E-state index contributed by atoms with van der Waals surface area (Å²) in [6, 6.07) is 0.147. The van der Waals surface area contributed by atoms with Gasteiger partial charge in [-0.3, -0.25) is 9.89 Å². The average Bonchev–Trinajstić information content (AvgIpc) is 2.48. The summed E-state index contributed by atoms with van der Waals surface area (Å²) in [6.45, 7) is 9.34. The summed E-state index contributed by atoms with van der Waals surface area (Å²) < 4.78 is 28.2. The van der Waals surface area contributed by atoms with E-state index in [0.717, 1.165) is 6.54 Å². The van der Waals surface area contributed by atoms with E-state index in [9.17, 15) is 13.2 Å². The molecule has 1 amide bonds. The Morgan fingerprint density at radius 1 is 1.22 bits per heavy atom. The van der Waals surface area contributed by atoms with Gasteiger partial charge in [-0.1, -0.05) is 0 Å². The number of carbonyl (C=O) groups is 1. The highest BCUT2D eigenvalue weighted by Crippen LogP contribution is 2.15. The fraction of sp³-hybridized carbons (Fsp3) is 0.875. The van der Waals surface area contributed by atoms with Gasteiger partial charge in [-0.2, -0.15) is 0 Å². The molecule has 2 fully saturated rings. The number of ether oxygens (including phenoxy) is 1. The number of amides is 1. The van der Waals surface area contributed by atoms with Crippen LogP contribution in [-0.2, 0) is 14.6 Å². The van der Waals surface area contributed by atoms with E-state index in [1.165, 1.54) is 0 Å². The van der Waals surface area contributed by atoms with Gasteiger partial charge >= 0.3 is 6.09 Å². The quantitative estimate of drug-likeness (QED) is 0.310. The standard InChI is InChI=1S/C16H31N5O4S.HI/c1-16(2,3)25-15(22)21-11-13(12-21)19-14(17-4)18-5-6-20-7-9-26(23,24)10-8-20;/h13H,5-12H2,1-4H3,(H2,17,18,19);1H. The fourth-order valence-electron chi connectivity index (χ4n) is 2.74. The van der Waals surface area contributed by atoms with Crippen LogP contribution in [0.1, 0.15) is 20.8 Å². The van der Waals surface area contributed by atoms with Gasteiger partial charge in [0.05, 0.1) is 17.5 Å². The van der Waals surface area contributed by atoms with Crippen molar-refractivity contribution < 1.29 is 17.9 Å². The molecule has 0 aromatic carbocycles. The smallest absolute Gasteiger partial charge is 0.410 e. The van der Waals surface area contributed by atoms with Gasteiger partial charge in [0.25, 0.3) is 0 Å². The largest absolute Gasteiger partial charge is 0.444 e. The second-order valence-electron chi connectivity index (χ2n) is 7.72. The van der Waals surface area contributed by atoms with Crippen LogP contribution in [0.25, 0.3) is 0 Å². The van der Waals surface area contributed by atoms with Crippen LogP contribution in [0.4, 0.5) is 4.79 Å². The number of hydrogen-bond acceptors (Lipinski definition) is 6. The van der Waals surface area contributed by atoms with E-state index >= 15 is 0 Å². The molecule has 0 aromatic rings. The zero-order valence-electron chi connectivity index (χ0n) is 16.5. The molecule has 0 aliphatic carbocycles. The molecule has 0 unspecified atom stereocenters. The molecule has 0 atom stereocenters. The molecule has 0 spiro atoms. The van der Waals surface area contributed by atoms with E-state index in [1.54, 1.807) is 11.9 Å². The summed E-state index contributed by atoms with van der Waals surface area (Å²) >= 11 is 0. The monoisotopic (exact) mass is 517 g/mol. The van der Waals surface area contributed by atoms with Gasteiger partial charge in [0.2, 0.25) is 0 Å². The second kappa shape index (κ2) is 10.1. The molecule has 0 radical (unpaired) electrons. The summed E-state index contributed by atoms with van der Waals surface area (Å²) in [5.41, 5.74) is -0.485. The van der Waals surface area contributed by atoms with Gasteiger partial charge in [-0.25, -0.2) is 13.2 Å². The van der Waals surface area contributed by atoms with Crippen molar-refractivity contribution in [1.82, 2.24) is 20.4 Å². The lowest BCUT2D eigenvalue weighted by atomic mass is 10.1. The molecule has 2 aliphatic heterocycles. The van der Waals surface area contributed by atoms with E-state index in [4.69, 9.17) is 4.74 Å². The van der Waals surface area contributed by atoms with E-state index < -0.39 is 15.4 Å². The maximum atomic E-state index is 11.9. The number of hydrogen-bond donors (Lipinski definition) is 2. The molecule has 27 heavy (non-hydrogen) atoms. The van der Waals surface area contributed by atoms with Crippen molar-refractivity contribution in [2.45, 2.75) is 32.4 Å². The predicted molar refractivity (Wildman–Crippen MR) is 117 cm³/mol. The Kier molecular flexibility index (Phi) is 9.06. The van der Waals surface area contributed by atoms with Crippen LogP contribution in [0, 0.1) is 0 Å². The third kappa shape index (κ3) is 8.38. The number of sulfone groups is 1. The summed E-state index contributed by atoms with van der Waals surface area (Å²) in [4.78, 5) is 19.9. The minimum Gasteiger partial charge on any atom is -0.444 e. The van der Waals surface area contributed by atoms with Gasteiger partial charge in [0, 0.05) is 46.3 Å². The first kappa shape index (κ1) is 24.2. The Hall–Kier alpha value is -0.820. The number of aliphatic imine (C=N–C) groups is 1. The third-order valence-electron chi connectivity index (χ3n) is 4.26. The summed E-state index contributed by atoms with van der Waals surface area (Å²) in [5.74, 6) is 1.16. The number of rotatable bonds is 4. The van der Waals surface area contributed by atoms with Gasteiger partial charge in [-0.05, 0) is 20.8 Å². The topological polar surface area (TPSA) is 103 Å². The number of nitrogens with zero attached hydrogens (tertiary/aromatic N) is 3. The molecular weight excluding hydrogens is 485 g/mol. The van der Waals surface area contributed by atoms with E-state index in [0.29, 0.717) is 38.7 Å². The van der Waals surface area contributed by atoms with Crippen molar-refractivity contribution in [2.24, 2.45) is 4.99 Å². The van der Waals surface area contributed by atoms with Crippen molar-refractivity contribution in [2.75, 3.05) is 57.8 Å². The van der Waals surface area contributed by atoms with Crippen LogP contribution in [0.5, 0.6) is 0 Å². The molecule has 0 bridgehead atoms. The highest BCUT2D eigenvalue weighted by atomic mass is 127. The number of likely N-dealkylation sites (tertiary alicyclic amines) is 1. The zero-order valence-corrected chi connectivity index (χ0v) is 19.7. The molecule has 0 saturated carbocycles. The normalized spacial score (nSPS) is 21.0. The second-order valence-corrected chi connectivity index (χ2v) is 10.0. The van der Waals surface area contributed by atoms with E-state index in [-0.39, 0.29) is 47.6 Å². The maximum Gasteiger partial charge on any atom is 0.410 e. The summed E-state index contributed by atoms with van der Waals surface area (Å²) in [7, 11) is -1.14. The lowest BCUT2D eigenvalue weighted by Gasteiger charge is -2.40. The number of guanidine groups is 1. The fourth-order valence-corrected chi connectivity index (χ4v) is 4.02. The minimum absolute atomic E-state index is 0. The van der Waals surface area contributed by atoms with Gasteiger partial charge in [0.1, 0.15) is 5.60 Å². The van der Waals surface area contributed by atoms with Crippen molar-refractivity contribution in [3.63, 3.8) is 0 Å². The van der Waals surface area contributed by atoms with Crippen LogP contribution in [0.2, 0.25) is 0 Å². The van der Waals surface area contributed by atoms with Gasteiger partial charge in [0.15, 0.2) is 15.8 Å². The van der Waals surface area contributed by atoms with Crippen LogP contribution < -0.4 is 10.6 Å². The lowest BCUT2D eigenvalue weighted by Crippen LogP contribution is -2.63. The minimum atomic E-state index is -2.84. The lowest BCUT2D eigenvalue weighted by molar-refractivity contribution is 0.00701. The highest BCUT2D eigenvalue weighted by Gasteiger charge is 2.34. The predicted octanol–water partition coefficient (Wildman–Crippen LogP) is 0.119. The highest BCUT2D eigenvalue weighted by molar-refractivity contribution is 14.0. The van der Waals surface area contributed by atoms with Crippen molar-refractivity contribution in [3.05, 3.63) is 0 Å². The molecule has 2 saturated heterocycles. The first-order chi connectivity index (χ1) is 12.1. The Balaban J connectivity index is 0.00000364. The van der Waals surface area contributed by atoms with Crippen LogP contribution in [0.3, 0.4) is 0 Å². The van der Waals surface area contributed by atoms with Crippen molar-refractivity contribution in [3.8, 4) is 0 Å². The van der Waals surface area contributed by atoms with Gasteiger partial charge in [-0.15, -0.1) is 24.0 Å². The molecule has 2 heterocycles. The first-order valence-electron chi connectivity index (χ1n) is 8.96. The molecule has 11 heteroatoms. The Labute approximate surface area is 179 Å². The Bertz CT molecular complexity index is 615. The molecule has 2 N–H and O–H groups in total.